The maximum atomic E-state index is 13.6. The Bertz CT molecular complexity index is 1000. The fraction of sp³-hybridized carbons (Fsp3) is 0.241. The van der Waals surface area contributed by atoms with Crippen molar-refractivity contribution in [3.63, 3.8) is 0 Å². The lowest BCUT2D eigenvalue weighted by Crippen LogP contribution is -2.30. The first-order chi connectivity index (χ1) is 15.1. The second-order valence-corrected chi connectivity index (χ2v) is 7.75. The number of hydrogen-bond acceptors (Lipinski definition) is 2. The predicted molar refractivity (Wildman–Crippen MR) is 126 cm³/mol. The number of Topliss-reactive ketones (excluding diaryl/α,β-unsaturated/α-hetero) is 2. The lowest BCUT2D eigenvalue weighted by atomic mass is 9.77. The molecule has 2 heteroatoms. The van der Waals surface area contributed by atoms with Crippen molar-refractivity contribution in [3.8, 4) is 11.8 Å². The van der Waals surface area contributed by atoms with Gasteiger partial charge in [-0.2, -0.15) is 0 Å². The monoisotopic (exact) mass is 408 g/mol. The van der Waals surface area contributed by atoms with Gasteiger partial charge in [-0.3, -0.25) is 9.59 Å². The molecule has 0 aliphatic rings. The Labute approximate surface area is 185 Å². The minimum atomic E-state index is -0.901. The van der Waals surface area contributed by atoms with E-state index in [1.54, 1.807) is 24.3 Å². The van der Waals surface area contributed by atoms with Gasteiger partial charge in [0.05, 0.1) is 5.92 Å². The summed E-state index contributed by atoms with van der Waals surface area (Å²) in [7, 11) is 0. The van der Waals surface area contributed by atoms with Gasteiger partial charge in [-0.1, -0.05) is 110 Å². The topological polar surface area (TPSA) is 34.1 Å². The third-order valence-electron chi connectivity index (χ3n) is 5.36. The van der Waals surface area contributed by atoms with E-state index in [-0.39, 0.29) is 11.6 Å². The van der Waals surface area contributed by atoms with Crippen molar-refractivity contribution in [2.24, 2.45) is 5.92 Å². The van der Waals surface area contributed by atoms with Gasteiger partial charge in [-0.25, -0.2) is 0 Å². The molecule has 1 unspecified atom stereocenters. The normalized spacial score (nSPS) is 11.5. The van der Waals surface area contributed by atoms with Crippen molar-refractivity contribution in [1.82, 2.24) is 0 Å². The summed E-state index contributed by atoms with van der Waals surface area (Å²) < 4.78 is 0. The van der Waals surface area contributed by atoms with Crippen molar-refractivity contribution in [3.05, 3.63) is 107 Å². The van der Waals surface area contributed by atoms with Gasteiger partial charge >= 0.3 is 0 Å². The molecule has 0 N–H and O–H groups in total. The molecule has 156 valence electrons. The summed E-state index contributed by atoms with van der Waals surface area (Å²) in [4.78, 5) is 27.3. The molecule has 0 amide bonds. The standard InChI is InChI=1S/C29H28O2/c1-3-4-5-12-17-26(23-20-18-22(2)19-21-23)27(28(30)24-13-8-6-9-14-24)29(31)25-15-10-7-11-16-25/h6-11,13-16,18-21,26-27H,3-5H2,1-2H3. The summed E-state index contributed by atoms with van der Waals surface area (Å²) in [6.07, 6.45) is 2.81. The molecule has 0 aliphatic heterocycles. The molecule has 0 fully saturated rings. The Balaban J connectivity index is 2.11. The van der Waals surface area contributed by atoms with Gasteiger partial charge in [0, 0.05) is 17.5 Å². The third kappa shape index (κ3) is 5.80. The molecule has 0 aromatic heterocycles. The zero-order valence-electron chi connectivity index (χ0n) is 18.2. The van der Waals surface area contributed by atoms with E-state index in [9.17, 15) is 9.59 Å². The van der Waals surface area contributed by atoms with Crippen LogP contribution in [0.15, 0.2) is 84.9 Å². The van der Waals surface area contributed by atoms with Gasteiger partial charge in [-0.15, -0.1) is 5.92 Å². The Morgan fingerprint density at radius 1 is 0.774 bits per heavy atom. The fourth-order valence-corrected chi connectivity index (χ4v) is 3.57. The lowest BCUT2D eigenvalue weighted by Gasteiger charge is -2.22. The van der Waals surface area contributed by atoms with E-state index in [0.29, 0.717) is 11.1 Å². The van der Waals surface area contributed by atoms with E-state index in [0.717, 1.165) is 30.4 Å². The number of ketones is 2. The van der Waals surface area contributed by atoms with Crippen LogP contribution in [0.1, 0.15) is 63.9 Å². The molecule has 0 spiro atoms. The van der Waals surface area contributed by atoms with Gasteiger partial charge in [0.1, 0.15) is 5.92 Å². The Kier molecular flexibility index (Phi) is 7.96. The third-order valence-corrected chi connectivity index (χ3v) is 5.36. The van der Waals surface area contributed by atoms with Gasteiger partial charge in [0.25, 0.3) is 0 Å². The fourth-order valence-electron chi connectivity index (χ4n) is 3.57. The van der Waals surface area contributed by atoms with Crippen LogP contribution in [0.5, 0.6) is 0 Å². The zero-order valence-corrected chi connectivity index (χ0v) is 18.2. The van der Waals surface area contributed by atoms with Crippen LogP contribution in [0.3, 0.4) is 0 Å². The molecule has 0 aliphatic carbocycles. The van der Waals surface area contributed by atoms with Gasteiger partial charge in [0.2, 0.25) is 0 Å². The molecular weight excluding hydrogens is 380 g/mol. The molecule has 2 nitrogen and oxygen atoms in total. The highest BCUT2D eigenvalue weighted by Gasteiger charge is 2.36. The van der Waals surface area contributed by atoms with Crippen LogP contribution in [0.2, 0.25) is 0 Å². The Hall–Kier alpha value is -3.44. The number of rotatable bonds is 8. The first-order valence-electron chi connectivity index (χ1n) is 10.8. The highest BCUT2D eigenvalue weighted by Crippen LogP contribution is 2.31. The summed E-state index contributed by atoms with van der Waals surface area (Å²) in [6.45, 7) is 4.15. The van der Waals surface area contributed by atoms with Crippen molar-refractivity contribution in [2.45, 2.75) is 39.0 Å². The first kappa shape index (κ1) is 22.2. The van der Waals surface area contributed by atoms with E-state index in [4.69, 9.17) is 0 Å². The number of benzene rings is 3. The summed E-state index contributed by atoms with van der Waals surface area (Å²) in [5, 5.41) is 0. The van der Waals surface area contributed by atoms with Crippen molar-refractivity contribution < 1.29 is 9.59 Å². The van der Waals surface area contributed by atoms with Crippen LogP contribution in [0.4, 0.5) is 0 Å². The van der Waals surface area contributed by atoms with Crippen LogP contribution in [-0.4, -0.2) is 11.6 Å². The average molecular weight is 409 g/mol. The molecule has 3 aromatic carbocycles. The number of unbranched alkanes of at least 4 members (excludes halogenated alkanes) is 2. The van der Waals surface area contributed by atoms with Crippen LogP contribution >= 0.6 is 0 Å². The van der Waals surface area contributed by atoms with Gasteiger partial charge in [0.15, 0.2) is 11.6 Å². The van der Waals surface area contributed by atoms with E-state index in [1.807, 2.05) is 67.6 Å². The average Bonchev–Trinajstić information content (AvgIpc) is 2.82. The lowest BCUT2D eigenvalue weighted by molar-refractivity contribution is 0.0797. The van der Waals surface area contributed by atoms with E-state index in [1.165, 1.54) is 0 Å². The molecule has 3 aromatic rings. The van der Waals surface area contributed by atoms with E-state index >= 15 is 0 Å². The van der Waals surface area contributed by atoms with E-state index < -0.39 is 11.8 Å². The molecule has 0 saturated heterocycles. The summed E-state index contributed by atoms with van der Waals surface area (Å²) in [5.41, 5.74) is 3.09. The maximum absolute atomic E-state index is 13.6. The summed E-state index contributed by atoms with van der Waals surface area (Å²) in [5.74, 6) is 4.76. The predicted octanol–water partition coefficient (Wildman–Crippen LogP) is 6.65. The van der Waals surface area contributed by atoms with Crippen molar-refractivity contribution in [1.29, 1.82) is 0 Å². The highest BCUT2D eigenvalue weighted by atomic mass is 16.2. The SMILES string of the molecule is CCCCC#CC(c1ccc(C)cc1)C(C(=O)c1ccccc1)C(=O)c1ccccc1. The molecule has 31 heavy (non-hydrogen) atoms. The van der Waals surface area contributed by atoms with E-state index in [2.05, 4.69) is 18.8 Å². The molecule has 0 heterocycles. The number of hydrogen-bond donors (Lipinski definition) is 0. The highest BCUT2D eigenvalue weighted by molar-refractivity contribution is 6.17. The Morgan fingerprint density at radius 2 is 1.29 bits per heavy atom. The van der Waals surface area contributed by atoms with Gasteiger partial charge < -0.3 is 0 Å². The summed E-state index contributed by atoms with van der Waals surface area (Å²) in [6, 6.07) is 26.1. The quantitative estimate of drug-likeness (QED) is 0.181. The number of carbonyl (C=O) groups is 2. The molecule has 0 saturated carbocycles. The van der Waals surface area contributed by atoms with Crippen LogP contribution in [-0.2, 0) is 0 Å². The van der Waals surface area contributed by atoms with Crippen LogP contribution in [0, 0.1) is 24.7 Å². The van der Waals surface area contributed by atoms with Gasteiger partial charge in [-0.05, 0) is 18.9 Å². The largest absolute Gasteiger partial charge is 0.293 e. The smallest absolute Gasteiger partial charge is 0.175 e. The maximum Gasteiger partial charge on any atom is 0.175 e. The molecule has 0 bridgehead atoms. The van der Waals surface area contributed by atoms with Crippen molar-refractivity contribution in [2.75, 3.05) is 0 Å². The zero-order chi connectivity index (χ0) is 22.1. The Morgan fingerprint density at radius 3 is 1.77 bits per heavy atom. The second kappa shape index (κ2) is 11.1. The second-order valence-electron chi connectivity index (χ2n) is 7.75. The molecule has 3 rings (SSSR count). The minimum absolute atomic E-state index is 0.190. The van der Waals surface area contributed by atoms with Crippen molar-refractivity contribution >= 4 is 11.6 Å². The number of aryl methyl sites for hydroxylation is 1. The van der Waals surface area contributed by atoms with Crippen LogP contribution in [0.25, 0.3) is 0 Å². The molecule has 0 radical (unpaired) electrons. The summed E-state index contributed by atoms with van der Waals surface area (Å²) >= 11 is 0. The number of carbonyl (C=O) groups excluding carboxylic acids is 2. The van der Waals surface area contributed by atoms with Crippen LogP contribution < -0.4 is 0 Å². The minimum Gasteiger partial charge on any atom is -0.293 e. The molecule has 1 atom stereocenters. The first-order valence-corrected chi connectivity index (χ1v) is 10.8. The molecular formula is C29H28O2.